The third-order valence-electron chi connectivity index (χ3n) is 2.32. The summed E-state index contributed by atoms with van der Waals surface area (Å²) in [7, 11) is 0. The van der Waals surface area contributed by atoms with Crippen molar-refractivity contribution in [3.63, 3.8) is 0 Å². The van der Waals surface area contributed by atoms with E-state index in [1.807, 2.05) is 30.3 Å². The van der Waals surface area contributed by atoms with Crippen LogP contribution in [0.5, 0.6) is 0 Å². The van der Waals surface area contributed by atoms with Crippen LogP contribution >= 0.6 is 11.8 Å². The lowest BCUT2D eigenvalue weighted by atomic mass is 10.2. The van der Waals surface area contributed by atoms with Crippen LogP contribution in [0.3, 0.4) is 0 Å². The maximum atomic E-state index is 11.4. The van der Waals surface area contributed by atoms with Crippen LogP contribution < -0.4 is 5.56 Å². The number of aromatic nitrogens is 2. The topological polar surface area (TPSA) is 83.0 Å². The Morgan fingerprint density at radius 1 is 1.32 bits per heavy atom. The number of rotatable bonds is 5. The number of thioether (sulfide) groups is 1. The normalized spacial score (nSPS) is 10.3. The highest BCUT2D eigenvalue weighted by Crippen LogP contribution is 2.18. The molecule has 1 heterocycles. The van der Waals surface area contributed by atoms with Crippen LogP contribution in [0, 0.1) is 0 Å². The molecule has 0 fully saturated rings. The van der Waals surface area contributed by atoms with Crippen LogP contribution in [0.1, 0.15) is 11.3 Å². The van der Waals surface area contributed by atoms with Crippen LogP contribution in [0.4, 0.5) is 0 Å². The molecule has 19 heavy (non-hydrogen) atoms. The Bertz CT molecular complexity index is 625. The first kappa shape index (κ1) is 13.4. The number of benzene rings is 1. The lowest BCUT2D eigenvalue weighted by Gasteiger charge is -2.03. The number of nitrogens with one attached hydrogen (secondary N) is 1. The molecule has 0 atom stereocenters. The molecule has 2 aromatic rings. The first-order valence-electron chi connectivity index (χ1n) is 5.62. The second-order valence-corrected chi connectivity index (χ2v) is 4.85. The highest BCUT2D eigenvalue weighted by Gasteiger charge is 2.06. The Morgan fingerprint density at radius 2 is 2.05 bits per heavy atom. The van der Waals surface area contributed by atoms with Crippen LogP contribution in [-0.2, 0) is 17.0 Å². The number of hydrogen-bond acceptors (Lipinski definition) is 4. The first-order chi connectivity index (χ1) is 9.13. The van der Waals surface area contributed by atoms with Crippen molar-refractivity contribution in [3.8, 4) is 0 Å². The van der Waals surface area contributed by atoms with Crippen LogP contribution in [0.15, 0.2) is 46.3 Å². The molecule has 0 saturated carbocycles. The first-order valence-corrected chi connectivity index (χ1v) is 6.61. The number of H-pyrrole nitrogens is 1. The monoisotopic (exact) mass is 276 g/mol. The molecule has 0 unspecified atom stereocenters. The molecule has 2 N–H and O–H groups in total. The Balaban J connectivity index is 2.10. The van der Waals surface area contributed by atoms with Crippen molar-refractivity contribution in [2.45, 2.75) is 17.3 Å². The van der Waals surface area contributed by atoms with Crippen molar-refractivity contribution in [2.24, 2.45) is 0 Å². The standard InChI is InChI=1S/C13H12N2O3S/c16-11-6-10(7-12(17)18)14-13(15-11)19-8-9-4-2-1-3-5-9/h1-6H,7-8H2,(H,17,18)(H,14,15,16). The maximum Gasteiger partial charge on any atom is 0.309 e. The summed E-state index contributed by atoms with van der Waals surface area (Å²) in [6.07, 6.45) is -0.247. The number of carboxylic acids is 1. The molecule has 0 bridgehead atoms. The van der Waals surface area contributed by atoms with E-state index in [4.69, 9.17) is 5.11 Å². The van der Waals surface area contributed by atoms with Gasteiger partial charge in [0.15, 0.2) is 5.16 Å². The van der Waals surface area contributed by atoms with E-state index in [9.17, 15) is 9.59 Å². The fourth-order valence-corrected chi connectivity index (χ4v) is 2.37. The van der Waals surface area contributed by atoms with E-state index in [0.717, 1.165) is 5.56 Å². The fourth-order valence-electron chi connectivity index (χ4n) is 1.52. The quantitative estimate of drug-likeness (QED) is 0.641. The van der Waals surface area contributed by atoms with E-state index in [0.29, 0.717) is 10.9 Å². The molecule has 0 aliphatic carbocycles. The molecule has 6 heteroatoms. The van der Waals surface area contributed by atoms with E-state index in [1.54, 1.807) is 0 Å². The predicted molar refractivity (Wildman–Crippen MR) is 72.2 cm³/mol. The van der Waals surface area contributed by atoms with Crippen molar-refractivity contribution in [1.29, 1.82) is 0 Å². The molecule has 98 valence electrons. The molecule has 0 spiro atoms. The summed E-state index contributed by atoms with van der Waals surface area (Å²) in [5, 5.41) is 9.14. The number of carbonyl (C=O) groups is 1. The average Bonchev–Trinajstić information content (AvgIpc) is 2.36. The zero-order chi connectivity index (χ0) is 13.7. The van der Waals surface area contributed by atoms with E-state index >= 15 is 0 Å². The zero-order valence-corrected chi connectivity index (χ0v) is 10.8. The van der Waals surface area contributed by atoms with Crippen LogP contribution in [0.2, 0.25) is 0 Å². The van der Waals surface area contributed by atoms with Gasteiger partial charge in [-0.05, 0) is 5.56 Å². The average molecular weight is 276 g/mol. The van der Waals surface area contributed by atoms with Gasteiger partial charge in [-0.25, -0.2) is 4.98 Å². The van der Waals surface area contributed by atoms with Crippen molar-refractivity contribution in [3.05, 3.63) is 58.0 Å². The van der Waals surface area contributed by atoms with Gasteiger partial charge < -0.3 is 10.1 Å². The largest absolute Gasteiger partial charge is 0.481 e. The number of carboxylic acid groups (broad SMARTS) is 1. The van der Waals surface area contributed by atoms with Crippen molar-refractivity contribution >= 4 is 17.7 Å². The number of hydrogen-bond donors (Lipinski definition) is 2. The van der Waals surface area contributed by atoms with E-state index < -0.39 is 5.97 Å². The molecule has 0 amide bonds. The summed E-state index contributed by atoms with van der Waals surface area (Å²) in [5.41, 5.74) is 1.05. The SMILES string of the molecule is O=C(O)Cc1cc(=O)[nH]c(SCc2ccccc2)n1. The maximum absolute atomic E-state index is 11.4. The van der Waals surface area contributed by atoms with E-state index in [-0.39, 0.29) is 17.7 Å². The third-order valence-corrected chi connectivity index (χ3v) is 3.27. The van der Waals surface area contributed by atoms with Gasteiger partial charge in [-0.15, -0.1) is 0 Å². The Hall–Kier alpha value is -2.08. The second-order valence-electron chi connectivity index (χ2n) is 3.89. The van der Waals surface area contributed by atoms with Crippen LogP contribution in [-0.4, -0.2) is 21.0 Å². The van der Waals surface area contributed by atoms with Crippen molar-refractivity contribution < 1.29 is 9.90 Å². The minimum absolute atomic E-state index is 0.247. The number of nitrogens with zero attached hydrogens (tertiary/aromatic N) is 1. The second kappa shape index (κ2) is 6.19. The van der Waals surface area contributed by atoms with Crippen molar-refractivity contribution in [2.75, 3.05) is 0 Å². The summed E-state index contributed by atoms with van der Waals surface area (Å²) < 4.78 is 0. The molecule has 1 aromatic carbocycles. The van der Waals surface area contributed by atoms with Gasteiger partial charge >= 0.3 is 5.97 Å². The summed E-state index contributed by atoms with van der Waals surface area (Å²) in [6, 6.07) is 11.0. The van der Waals surface area contributed by atoms with Gasteiger partial charge in [0.25, 0.3) is 5.56 Å². The molecule has 2 rings (SSSR count). The Kier molecular flexibility index (Phi) is 4.35. The Labute approximate surface area is 113 Å². The minimum atomic E-state index is -1.00. The van der Waals surface area contributed by atoms with Gasteiger partial charge in [0.05, 0.1) is 12.1 Å². The third kappa shape index (κ3) is 4.26. The smallest absolute Gasteiger partial charge is 0.309 e. The van der Waals surface area contributed by atoms with Gasteiger partial charge in [0, 0.05) is 11.8 Å². The van der Waals surface area contributed by atoms with Crippen molar-refractivity contribution in [1.82, 2.24) is 9.97 Å². The van der Waals surface area contributed by atoms with Gasteiger partial charge in [-0.2, -0.15) is 0 Å². The van der Waals surface area contributed by atoms with Gasteiger partial charge in [0.2, 0.25) is 0 Å². The molecule has 1 aromatic heterocycles. The molecular formula is C13H12N2O3S. The molecule has 0 aliphatic rings. The lowest BCUT2D eigenvalue weighted by molar-refractivity contribution is -0.136. The summed E-state index contributed by atoms with van der Waals surface area (Å²) in [6.45, 7) is 0. The summed E-state index contributed by atoms with van der Waals surface area (Å²) in [5.74, 6) is -0.336. The van der Waals surface area contributed by atoms with Gasteiger partial charge in [-0.1, -0.05) is 42.1 Å². The Morgan fingerprint density at radius 3 is 2.74 bits per heavy atom. The molecule has 0 aliphatic heterocycles. The lowest BCUT2D eigenvalue weighted by Crippen LogP contribution is -2.12. The highest BCUT2D eigenvalue weighted by atomic mass is 32.2. The minimum Gasteiger partial charge on any atom is -0.481 e. The summed E-state index contributed by atoms with van der Waals surface area (Å²) >= 11 is 1.37. The fraction of sp³-hybridized carbons (Fsp3) is 0.154. The zero-order valence-electron chi connectivity index (χ0n) is 10.00. The molecule has 0 radical (unpaired) electrons. The highest BCUT2D eigenvalue weighted by molar-refractivity contribution is 7.98. The van der Waals surface area contributed by atoms with Gasteiger partial charge in [-0.3, -0.25) is 9.59 Å². The van der Waals surface area contributed by atoms with Crippen LogP contribution in [0.25, 0.3) is 0 Å². The molecule has 5 nitrogen and oxygen atoms in total. The molecular weight excluding hydrogens is 264 g/mol. The predicted octanol–water partition coefficient (Wildman–Crippen LogP) is 1.69. The summed E-state index contributed by atoms with van der Waals surface area (Å²) in [4.78, 5) is 28.7. The molecule has 0 saturated heterocycles. The van der Waals surface area contributed by atoms with Gasteiger partial charge in [0.1, 0.15) is 0 Å². The van der Waals surface area contributed by atoms with E-state index in [2.05, 4.69) is 9.97 Å². The van der Waals surface area contributed by atoms with E-state index in [1.165, 1.54) is 17.8 Å². The number of aliphatic carboxylic acids is 1. The number of aromatic amines is 1.